The fourth-order valence-corrected chi connectivity index (χ4v) is 3.91. The van der Waals surface area contributed by atoms with Gasteiger partial charge in [-0.3, -0.25) is 14.5 Å². The lowest BCUT2D eigenvalue weighted by Gasteiger charge is -2.41. The molecular formula is C15H26N2O3. The summed E-state index contributed by atoms with van der Waals surface area (Å²) in [6.07, 6.45) is 4.30. The van der Waals surface area contributed by atoms with Crippen LogP contribution in [0.5, 0.6) is 0 Å². The van der Waals surface area contributed by atoms with Gasteiger partial charge in [-0.2, -0.15) is 0 Å². The number of aliphatic carboxylic acids is 1. The van der Waals surface area contributed by atoms with Crippen molar-refractivity contribution in [3.05, 3.63) is 0 Å². The Hall–Kier alpha value is -1.10. The number of rotatable bonds is 5. The first-order valence-corrected chi connectivity index (χ1v) is 7.68. The Morgan fingerprint density at radius 2 is 1.75 bits per heavy atom. The highest BCUT2D eigenvalue weighted by molar-refractivity contribution is 5.81. The Morgan fingerprint density at radius 3 is 2.20 bits per heavy atom. The lowest BCUT2D eigenvalue weighted by Crippen LogP contribution is -2.54. The van der Waals surface area contributed by atoms with Crippen LogP contribution >= 0.6 is 0 Å². The van der Waals surface area contributed by atoms with E-state index in [1.807, 2.05) is 20.8 Å². The molecule has 0 aromatic carbocycles. The van der Waals surface area contributed by atoms with E-state index in [2.05, 4.69) is 10.2 Å². The van der Waals surface area contributed by atoms with Crippen LogP contribution in [0.2, 0.25) is 0 Å². The highest BCUT2D eigenvalue weighted by Gasteiger charge is 2.44. The van der Waals surface area contributed by atoms with Crippen LogP contribution in [0.25, 0.3) is 0 Å². The molecule has 0 radical (unpaired) electrons. The van der Waals surface area contributed by atoms with Crippen molar-refractivity contribution in [3.8, 4) is 0 Å². The lowest BCUT2D eigenvalue weighted by atomic mass is 9.87. The number of piperidine rings is 1. The SMILES string of the molecule is CC(C)NC(=O)C(C)N1C2CCC1CC(CC(=O)O)C2. The van der Waals surface area contributed by atoms with E-state index < -0.39 is 5.97 Å². The molecule has 0 saturated carbocycles. The first kappa shape index (κ1) is 15.3. The molecule has 5 nitrogen and oxygen atoms in total. The fraction of sp³-hybridized carbons (Fsp3) is 0.867. The van der Waals surface area contributed by atoms with Crippen molar-refractivity contribution in [3.63, 3.8) is 0 Å². The molecule has 0 aromatic rings. The molecule has 1 amide bonds. The van der Waals surface area contributed by atoms with Crippen molar-refractivity contribution in [1.82, 2.24) is 10.2 Å². The zero-order valence-corrected chi connectivity index (χ0v) is 12.6. The van der Waals surface area contributed by atoms with Gasteiger partial charge in [0.05, 0.1) is 6.04 Å². The number of carboxylic acid groups (broad SMARTS) is 1. The second-order valence-electron chi connectivity index (χ2n) is 6.61. The van der Waals surface area contributed by atoms with Crippen LogP contribution in [0.4, 0.5) is 0 Å². The minimum Gasteiger partial charge on any atom is -0.481 e. The minimum absolute atomic E-state index is 0.0913. The van der Waals surface area contributed by atoms with Crippen molar-refractivity contribution in [2.24, 2.45) is 5.92 Å². The van der Waals surface area contributed by atoms with Crippen LogP contribution in [-0.2, 0) is 9.59 Å². The molecule has 0 aliphatic carbocycles. The van der Waals surface area contributed by atoms with E-state index in [0.717, 1.165) is 25.7 Å². The van der Waals surface area contributed by atoms with Crippen molar-refractivity contribution in [1.29, 1.82) is 0 Å². The Kier molecular flexibility index (Phi) is 4.68. The molecule has 2 saturated heterocycles. The zero-order valence-electron chi connectivity index (χ0n) is 12.6. The van der Waals surface area contributed by atoms with Crippen molar-refractivity contribution in [2.75, 3.05) is 0 Å². The smallest absolute Gasteiger partial charge is 0.303 e. The van der Waals surface area contributed by atoms with Gasteiger partial charge in [0.25, 0.3) is 0 Å². The molecule has 20 heavy (non-hydrogen) atoms. The summed E-state index contributed by atoms with van der Waals surface area (Å²) in [4.78, 5) is 25.4. The summed E-state index contributed by atoms with van der Waals surface area (Å²) < 4.78 is 0. The van der Waals surface area contributed by atoms with E-state index in [0.29, 0.717) is 12.1 Å². The van der Waals surface area contributed by atoms with Crippen LogP contribution in [0.15, 0.2) is 0 Å². The monoisotopic (exact) mass is 282 g/mol. The van der Waals surface area contributed by atoms with Gasteiger partial charge >= 0.3 is 5.97 Å². The largest absolute Gasteiger partial charge is 0.481 e. The Morgan fingerprint density at radius 1 is 1.20 bits per heavy atom. The van der Waals surface area contributed by atoms with E-state index in [4.69, 9.17) is 5.11 Å². The number of nitrogens with zero attached hydrogens (tertiary/aromatic N) is 1. The number of carbonyl (C=O) groups is 2. The van der Waals surface area contributed by atoms with E-state index >= 15 is 0 Å². The summed E-state index contributed by atoms with van der Waals surface area (Å²) >= 11 is 0. The Balaban J connectivity index is 1.98. The fourth-order valence-electron chi connectivity index (χ4n) is 3.91. The first-order chi connectivity index (χ1) is 9.38. The molecule has 2 N–H and O–H groups in total. The van der Waals surface area contributed by atoms with E-state index in [9.17, 15) is 9.59 Å². The number of nitrogens with one attached hydrogen (secondary N) is 1. The molecule has 5 heteroatoms. The van der Waals surface area contributed by atoms with E-state index in [-0.39, 0.29) is 30.3 Å². The van der Waals surface area contributed by atoms with Gasteiger partial charge < -0.3 is 10.4 Å². The molecule has 0 spiro atoms. The minimum atomic E-state index is -0.701. The highest BCUT2D eigenvalue weighted by Crippen LogP contribution is 2.41. The van der Waals surface area contributed by atoms with Gasteiger partial charge in [-0.05, 0) is 52.4 Å². The van der Waals surface area contributed by atoms with Crippen molar-refractivity contribution >= 4 is 11.9 Å². The summed E-state index contributed by atoms with van der Waals surface area (Å²) in [5, 5.41) is 11.9. The van der Waals surface area contributed by atoms with Crippen molar-refractivity contribution in [2.45, 2.75) is 77.0 Å². The second kappa shape index (κ2) is 6.12. The number of fused-ring (bicyclic) bond motifs is 2. The molecular weight excluding hydrogens is 256 g/mol. The highest BCUT2D eigenvalue weighted by atomic mass is 16.4. The third-order valence-corrected chi connectivity index (χ3v) is 4.61. The van der Waals surface area contributed by atoms with Gasteiger partial charge in [-0.1, -0.05) is 0 Å². The zero-order chi connectivity index (χ0) is 14.9. The molecule has 114 valence electrons. The number of hydrogen-bond acceptors (Lipinski definition) is 3. The lowest BCUT2D eigenvalue weighted by molar-refractivity contribution is -0.139. The average Bonchev–Trinajstić information content (AvgIpc) is 2.58. The van der Waals surface area contributed by atoms with Gasteiger partial charge in [0.15, 0.2) is 0 Å². The summed E-state index contributed by atoms with van der Waals surface area (Å²) in [5.41, 5.74) is 0. The maximum atomic E-state index is 12.2. The molecule has 2 aliphatic rings. The third-order valence-electron chi connectivity index (χ3n) is 4.61. The third kappa shape index (κ3) is 3.32. The maximum absolute atomic E-state index is 12.2. The van der Waals surface area contributed by atoms with Crippen LogP contribution in [-0.4, -0.2) is 46.1 Å². The Bertz CT molecular complexity index is 369. The van der Waals surface area contributed by atoms with Gasteiger partial charge in [0.1, 0.15) is 0 Å². The van der Waals surface area contributed by atoms with Gasteiger partial charge in [0.2, 0.25) is 5.91 Å². The van der Waals surface area contributed by atoms with E-state index in [1.165, 1.54) is 0 Å². The van der Waals surface area contributed by atoms with Gasteiger partial charge in [-0.15, -0.1) is 0 Å². The van der Waals surface area contributed by atoms with Gasteiger partial charge in [0, 0.05) is 24.5 Å². The number of carboxylic acids is 1. The second-order valence-corrected chi connectivity index (χ2v) is 6.61. The average molecular weight is 282 g/mol. The molecule has 2 rings (SSSR count). The predicted molar refractivity (Wildman–Crippen MR) is 76.4 cm³/mol. The quantitative estimate of drug-likeness (QED) is 0.804. The molecule has 0 aromatic heterocycles. The first-order valence-electron chi connectivity index (χ1n) is 7.68. The van der Waals surface area contributed by atoms with Crippen LogP contribution in [0.1, 0.15) is 52.9 Å². The van der Waals surface area contributed by atoms with E-state index in [1.54, 1.807) is 0 Å². The van der Waals surface area contributed by atoms with Gasteiger partial charge in [-0.25, -0.2) is 0 Å². The molecule has 2 bridgehead atoms. The van der Waals surface area contributed by atoms with Crippen LogP contribution in [0, 0.1) is 5.92 Å². The van der Waals surface area contributed by atoms with Crippen LogP contribution in [0.3, 0.4) is 0 Å². The normalized spacial score (nSPS) is 31.3. The van der Waals surface area contributed by atoms with Crippen LogP contribution < -0.4 is 5.32 Å². The predicted octanol–water partition coefficient (Wildman–Crippen LogP) is 1.62. The number of carbonyl (C=O) groups excluding carboxylic acids is 1. The molecule has 2 fully saturated rings. The Labute approximate surface area is 120 Å². The maximum Gasteiger partial charge on any atom is 0.303 e. The summed E-state index contributed by atoms with van der Waals surface area (Å²) in [7, 11) is 0. The number of hydrogen-bond donors (Lipinski definition) is 2. The summed E-state index contributed by atoms with van der Waals surface area (Å²) in [6, 6.07) is 0.810. The molecule has 3 unspecified atom stereocenters. The molecule has 3 atom stereocenters. The van der Waals surface area contributed by atoms with Crippen molar-refractivity contribution < 1.29 is 14.7 Å². The molecule has 2 heterocycles. The number of amides is 1. The summed E-state index contributed by atoms with van der Waals surface area (Å²) in [6.45, 7) is 5.91. The molecule has 2 aliphatic heterocycles. The summed E-state index contributed by atoms with van der Waals surface area (Å²) in [5.74, 6) is -0.330. The standard InChI is InChI=1S/C15H26N2O3/c1-9(2)16-15(20)10(3)17-12-4-5-13(17)7-11(6-12)8-14(18)19/h9-13H,4-8H2,1-3H3,(H,16,20)(H,18,19). The topological polar surface area (TPSA) is 69.6 Å².